The number of carboxylic acids is 1. The Morgan fingerprint density at radius 2 is 2.33 bits per heavy atom. The van der Waals surface area contributed by atoms with Crippen molar-refractivity contribution < 1.29 is 14.7 Å². The van der Waals surface area contributed by atoms with Gasteiger partial charge in [0.15, 0.2) is 0 Å². The second-order valence-electron chi connectivity index (χ2n) is 4.47. The van der Waals surface area contributed by atoms with Gasteiger partial charge in [-0.3, -0.25) is 4.79 Å². The summed E-state index contributed by atoms with van der Waals surface area (Å²) in [5, 5.41) is 11.9. The fourth-order valence-electron chi connectivity index (χ4n) is 2.23. The van der Waals surface area contributed by atoms with E-state index in [9.17, 15) is 9.59 Å². The zero-order valence-corrected chi connectivity index (χ0v) is 11.1. The maximum absolute atomic E-state index is 12.1. The summed E-state index contributed by atoms with van der Waals surface area (Å²) in [5.41, 5.74) is 0.734. The van der Waals surface area contributed by atoms with Crippen LogP contribution in [0.2, 0.25) is 0 Å². The summed E-state index contributed by atoms with van der Waals surface area (Å²) in [6.45, 7) is 2.43. The third kappa shape index (κ3) is 2.87. The third-order valence-corrected chi connectivity index (χ3v) is 3.93. The Balaban J connectivity index is 2.04. The third-order valence-electron chi connectivity index (χ3n) is 3.11. The van der Waals surface area contributed by atoms with Crippen molar-refractivity contribution in [3.63, 3.8) is 0 Å². The molecule has 0 unspecified atom stereocenters. The number of piperidine rings is 1. The van der Waals surface area contributed by atoms with E-state index in [1.165, 1.54) is 16.2 Å². The van der Waals surface area contributed by atoms with Crippen molar-refractivity contribution in [2.45, 2.75) is 38.6 Å². The summed E-state index contributed by atoms with van der Waals surface area (Å²) in [6.07, 6.45) is 2.51. The van der Waals surface area contributed by atoms with Gasteiger partial charge in [0.05, 0.1) is 17.1 Å². The van der Waals surface area contributed by atoms with Gasteiger partial charge in [-0.1, -0.05) is 0 Å². The van der Waals surface area contributed by atoms with E-state index < -0.39 is 12.0 Å². The average molecular weight is 268 g/mol. The molecule has 0 bridgehead atoms. The van der Waals surface area contributed by atoms with Crippen LogP contribution in [-0.4, -0.2) is 39.5 Å². The fourth-order valence-corrected chi connectivity index (χ4v) is 2.85. The molecule has 2 rings (SSSR count). The maximum Gasteiger partial charge on any atom is 0.326 e. The number of aliphatic carboxylic acids is 1. The molecule has 1 amide bonds. The van der Waals surface area contributed by atoms with E-state index in [4.69, 9.17) is 5.11 Å². The van der Waals surface area contributed by atoms with Gasteiger partial charge in [0, 0.05) is 11.9 Å². The lowest BCUT2D eigenvalue weighted by atomic mass is 10.0. The number of likely N-dealkylation sites (tertiary alicyclic amines) is 1. The first-order valence-corrected chi connectivity index (χ1v) is 6.89. The number of thiazole rings is 1. The molecule has 1 saturated heterocycles. The number of rotatable bonds is 3. The number of amides is 1. The maximum atomic E-state index is 12.1. The highest BCUT2D eigenvalue weighted by Gasteiger charge is 2.31. The molecule has 1 aromatic heterocycles. The fraction of sp³-hybridized carbons (Fsp3) is 0.583. The van der Waals surface area contributed by atoms with Gasteiger partial charge in [-0.2, -0.15) is 0 Å². The summed E-state index contributed by atoms with van der Waals surface area (Å²) < 4.78 is 0. The van der Waals surface area contributed by atoms with E-state index >= 15 is 0 Å². The molecule has 1 N–H and O–H groups in total. The van der Waals surface area contributed by atoms with Crippen molar-refractivity contribution >= 4 is 23.2 Å². The van der Waals surface area contributed by atoms with E-state index in [-0.39, 0.29) is 12.3 Å². The molecule has 6 heteroatoms. The van der Waals surface area contributed by atoms with Crippen molar-refractivity contribution in [1.82, 2.24) is 9.88 Å². The van der Waals surface area contributed by atoms with Crippen LogP contribution < -0.4 is 0 Å². The van der Waals surface area contributed by atoms with Gasteiger partial charge in [0.2, 0.25) is 5.91 Å². The molecular weight excluding hydrogens is 252 g/mol. The number of nitrogens with zero attached hydrogens (tertiary/aromatic N) is 2. The number of aromatic nitrogens is 1. The SMILES string of the molecule is Cc1nc(CC(=O)N2CCCC[C@H]2C(=O)O)cs1. The minimum absolute atomic E-state index is 0.132. The van der Waals surface area contributed by atoms with Crippen LogP contribution in [0.25, 0.3) is 0 Å². The average Bonchev–Trinajstić information content (AvgIpc) is 2.74. The number of aryl methyl sites for hydroxylation is 1. The Labute approximate surface area is 109 Å². The monoisotopic (exact) mass is 268 g/mol. The Kier molecular flexibility index (Phi) is 3.96. The Morgan fingerprint density at radius 3 is 2.94 bits per heavy atom. The normalized spacial score (nSPS) is 19.8. The molecule has 0 radical (unpaired) electrons. The van der Waals surface area contributed by atoms with Gasteiger partial charge in [0.25, 0.3) is 0 Å². The second-order valence-corrected chi connectivity index (χ2v) is 5.53. The topological polar surface area (TPSA) is 70.5 Å². The summed E-state index contributed by atoms with van der Waals surface area (Å²) in [7, 11) is 0. The zero-order chi connectivity index (χ0) is 13.1. The standard InChI is InChI=1S/C12H16N2O3S/c1-8-13-9(7-18-8)6-11(15)14-5-3-2-4-10(14)12(16)17/h7,10H,2-6H2,1H3,(H,16,17)/t10-/m0/s1. The van der Waals surface area contributed by atoms with Crippen LogP contribution in [0, 0.1) is 6.92 Å². The van der Waals surface area contributed by atoms with Crippen LogP contribution in [0.5, 0.6) is 0 Å². The zero-order valence-electron chi connectivity index (χ0n) is 10.3. The van der Waals surface area contributed by atoms with Crippen molar-refractivity contribution in [2.24, 2.45) is 0 Å². The molecule has 1 aliphatic heterocycles. The van der Waals surface area contributed by atoms with Crippen molar-refractivity contribution in [2.75, 3.05) is 6.54 Å². The van der Waals surface area contributed by atoms with E-state index in [1.807, 2.05) is 12.3 Å². The first kappa shape index (κ1) is 13.0. The number of hydrogen-bond donors (Lipinski definition) is 1. The highest BCUT2D eigenvalue weighted by atomic mass is 32.1. The van der Waals surface area contributed by atoms with Gasteiger partial charge in [-0.05, 0) is 26.2 Å². The second kappa shape index (κ2) is 5.48. The van der Waals surface area contributed by atoms with E-state index in [2.05, 4.69) is 4.98 Å². The number of carboxylic acid groups (broad SMARTS) is 1. The van der Waals surface area contributed by atoms with Crippen LogP contribution in [0.3, 0.4) is 0 Å². The van der Waals surface area contributed by atoms with Gasteiger partial charge >= 0.3 is 5.97 Å². The predicted molar refractivity (Wildman–Crippen MR) is 67.5 cm³/mol. The highest BCUT2D eigenvalue weighted by Crippen LogP contribution is 2.19. The van der Waals surface area contributed by atoms with Crippen LogP contribution >= 0.6 is 11.3 Å². The van der Waals surface area contributed by atoms with Crippen molar-refractivity contribution in [3.8, 4) is 0 Å². The molecule has 5 nitrogen and oxygen atoms in total. The van der Waals surface area contributed by atoms with Gasteiger partial charge in [-0.25, -0.2) is 9.78 Å². The van der Waals surface area contributed by atoms with Crippen molar-refractivity contribution in [3.05, 3.63) is 16.1 Å². The minimum atomic E-state index is -0.905. The minimum Gasteiger partial charge on any atom is -0.480 e. The Hall–Kier alpha value is -1.43. The number of hydrogen-bond acceptors (Lipinski definition) is 4. The molecule has 1 aliphatic rings. The smallest absolute Gasteiger partial charge is 0.326 e. The number of carbonyl (C=O) groups is 2. The molecule has 98 valence electrons. The lowest BCUT2D eigenvalue weighted by Gasteiger charge is -2.32. The molecule has 0 aromatic carbocycles. The van der Waals surface area contributed by atoms with Crippen molar-refractivity contribution in [1.29, 1.82) is 0 Å². The Bertz CT molecular complexity index is 458. The lowest BCUT2D eigenvalue weighted by Crippen LogP contribution is -2.48. The first-order valence-electron chi connectivity index (χ1n) is 6.01. The molecule has 1 fully saturated rings. The van der Waals surface area contributed by atoms with E-state index in [0.29, 0.717) is 13.0 Å². The van der Waals surface area contributed by atoms with Crippen LogP contribution in [0.15, 0.2) is 5.38 Å². The lowest BCUT2D eigenvalue weighted by molar-refractivity contribution is -0.151. The number of carbonyl (C=O) groups excluding carboxylic acids is 1. The molecule has 18 heavy (non-hydrogen) atoms. The van der Waals surface area contributed by atoms with E-state index in [1.54, 1.807) is 0 Å². The van der Waals surface area contributed by atoms with Gasteiger partial charge in [-0.15, -0.1) is 11.3 Å². The highest BCUT2D eigenvalue weighted by molar-refractivity contribution is 7.09. The van der Waals surface area contributed by atoms with Gasteiger partial charge in [0.1, 0.15) is 6.04 Å². The van der Waals surface area contributed by atoms with Crippen LogP contribution in [-0.2, 0) is 16.0 Å². The Morgan fingerprint density at radius 1 is 1.56 bits per heavy atom. The molecule has 0 spiro atoms. The first-order chi connectivity index (χ1) is 8.58. The van der Waals surface area contributed by atoms with E-state index in [0.717, 1.165) is 23.5 Å². The molecule has 0 saturated carbocycles. The summed E-state index contributed by atoms with van der Waals surface area (Å²) >= 11 is 1.50. The largest absolute Gasteiger partial charge is 0.480 e. The molecule has 2 heterocycles. The van der Waals surface area contributed by atoms with Crippen LogP contribution in [0.1, 0.15) is 30.0 Å². The summed E-state index contributed by atoms with van der Waals surface area (Å²) in [5.74, 6) is -1.04. The van der Waals surface area contributed by atoms with Crippen LogP contribution in [0.4, 0.5) is 0 Å². The molecule has 1 atom stereocenters. The molecule has 0 aliphatic carbocycles. The van der Waals surface area contributed by atoms with Gasteiger partial charge < -0.3 is 10.0 Å². The summed E-state index contributed by atoms with van der Waals surface area (Å²) in [6, 6.07) is -0.661. The summed E-state index contributed by atoms with van der Waals surface area (Å²) in [4.78, 5) is 29.0. The molecule has 1 aromatic rings. The predicted octanol–water partition coefficient (Wildman–Crippen LogP) is 1.46. The quantitative estimate of drug-likeness (QED) is 0.901. The molecular formula is C12H16N2O3S.